The number of carboxylic acid groups (broad SMARTS) is 1. The summed E-state index contributed by atoms with van der Waals surface area (Å²) in [6.45, 7) is 1.19. The number of hydrogen-bond acceptors (Lipinski definition) is 4. The second-order valence-electron chi connectivity index (χ2n) is 2.96. The summed E-state index contributed by atoms with van der Waals surface area (Å²) in [4.78, 5) is 10.5. The summed E-state index contributed by atoms with van der Waals surface area (Å²) >= 11 is 0. The summed E-state index contributed by atoms with van der Waals surface area (Å²) in [7, 11) is -1.34. The van der Waals surface area contributed by atoms with E-state index in [1.54, 1.807) is 0 Å². The van der Waals surface area contributed by atoms with E-state index < -0.39 is 28.3 Å². The standard InChI is InChI=1S/C6H14N2O5S/c1-4(9)5(6(10)11)7-14(12,13)8(2)3/h4-5,7,9H,1-3H3,(H,10,11). The van der Waals surface area contributed by atoms with Crippen LogP contribution in [0.5, 0.6) is 0 Å². The smallest absolute Gasteiger partial charge is 0.324 e. The van der Waals surface area contributed by atoms with Gasteiger partial charge in [-0.25, -0.2) is 0 Å². The molecule has 0 saturated carbocycles. The molecule has 0 amide bonds. The molecule has 2 atom stereocenters. The van der Waals surface area contributed by atoms with Gasteiger partial charge in [-0.1, -0.05) is 0 Å². The maximum Gasteiger partial charge on any atom is 0.324 e. The van der Waals surface area contributed by atoms with E-state index in [2.05, 4.69) is 0 Å². The van der Waals surface area contributed by atoms with Gasteiger partial charge in [-0.05, 0) is 6.92 Å². The summed E-state index contributed by atoms with van der Waals surface area (Å²) in [6.07, 6.45) is -1.30. The van der Waals surface area contributed by atoms with E-state index in [1.165, 1.54) is 21.0 Å². The van der Waals surface area contributed by atoms with E-state index in [4.69, 9.17) is 10.2 Å². The molecule has 0 fully saturated rings. The Bertz CT molecular complexity index is 297. The maximum atomic E-state index is 11.2. The number of aliphatic hydroxyl groups excluding tert-OH is 1. The van der Waals surface area contributed by atoms with Gasteiger partial charge in [-0.3, -0.25) is 4.79 Å². The predicted molar refractivity (Wildman–Crippen MR) is 48.8 cm³/mol. The van der Waals surface area contributed by atoms with Crippen molar-refractivity contribution in [3.8, 4) is 0 Å². The fraction of sp³-hybridized carbons (Fsp3) is 0.833. The number of aliphatic hydroxyl groups is 1. The largest absolute Gasteiger partial charge is 0.480 e. The molecule has 0 aromatic carbocycles. The molecule has 0 saturated heterocycles. The first-order valence-electron chi connectivity index (χ1n) is 3.79. The molecule has 14 heavy (non-hydrogen) atoms. The number of carbonyl (C=O) groups is 1. The lowest BCUT2D eigenvalue weighted by atomic mass is 10.2. The molecule has 0 radical (unpaired) electrons. The molecule has 0 aliphatic rings. The third-order valence-corrected chi connectivity index (χ3v) is 3.02. The monoisotopic (exact) mass is 226 g/mol. The number of carboxylic acids is 1. The molecule has 3 N–H and O–H groups in total. The number of hydrogen-bond donors (Lipinski definition) is 3. The van der Waals surface area contributed by atoms with Gasteiger partial charge < -0.3 is 10.2 Å². The zero-order chi connectivity index (χ0) is 11.5. The summed E-state index contributed by atoms with van der Waals surface area (Å²) in [5, 5.41) is 17.6. The Kier molecular flexibility index (Phi) is 4.46. The van der Waals surface area contributed by atoms with Crippen LogP contribution in [-0.4, -0.2) is 55.1 Å². The predicted octanol–water partition coefficient (Wildman–Crippen LogP) is -1.78. The highest BCUT2D eigenvalue weighted by molar-refractivity contribution is 7.87. The second-order valence-corrected chi connectivity index (χ2v) is 4.88. The average molecular weight is 226 g/mol. The van der Waals surface area contributed by atoms with Crippen molar-refractivity contribution < 1.29 is 23.4 Å². The fourth-order valence-electron chi connectivity index (χ4n) is 0.621. The first kappa shape index (κ1) is 13.3. The number of rotatable bonds is 5. The lowest BCUT2D eigenvalue weighted by Crippen LogP contribution is -2.50. The highest BCUT2D eigenvalue weighted by atomic mass is 32.2. The van der Waals surface area contributed by atoms with E-state index in [1.807, 2.05) is 4.72 Å². The highest BCUT2D eigenvalue weighted by Gasteiger charge is 2.29. The summed E-state index contributed by atoms with van der Waals surface area (Å²) in [5.74, 6) is -1.43. The van der Waals surface area contributed by atoms with Crippen LogP contribution in [-0.2, 0) is 15.0 Å². The Labute approximate surface area is 82.5 Å². The number of aliphatic carboxylic acids is 1. The van der Waals surface area contributed by atoms with E-state index in [-0.39, 0.29) is 0 Å². The highest BCUT2D eigenvalue weighted by Crippen LogP contribution is 1.98. The zero-order valence-electron chi connectivity index (χ0n) is 8.13. The molecule has 0 bridgehead atoms. The Balaban J connectivity index is 4.71. The van der Waals surface area contributed by atoms with Crippen molar-refractivity contribution in [2.24, 2.45) is 0 Å². The van der Waals surface area contributed by atoms with Crippen molar-refractivity contribution in [1.29, 1.82) is 0 Å². The normalized spacial score (nSPS) is 16.6. The molecule has 84 valence electrons. The lowest BCUT2D eigenvalue weighted by Gasteiger charge is -2.19. The number of nitrogens with zero attached hydrogens (tertiary/aromatic N) is 1. The minimum atomic E-state index is -3.84. The molecule has 0 aromatic rings. The van der Waals surface area contributed by atoms with Crippen LogP contribution >= 0.6 is 0 Å². The summed E-state index contributed by atoms with van der Waals surface area (Å²) < 4.78 is 25.0. The van der Waals surface area contributed by atoms with Gasteiger partial charge in [-0.15, -0.1) is 0 Å². The third kappa shape index (κ3) is 3.58. The van der Waals surface area contributed by atoms with Gasteiger partial charge in [0.05, 0.1) is 6.10 Å². The number of nitrogens with one attached hydrogen (secondary N) is 1. The van der Waals surface area contributed by atoms with E-state index in [9.17, 15) is 13.2 Å². The molecule has 0 aliphatic carbocycles. The van der Waals surface area contributed by atoms with E-state index in [0.717, 1.165) is 4.31 Å². The molecular formula is C6H14N2O5S. The van der Waals surface area contributed by atoms with Crippen LogP contribution in [0, 0.1) is 0 Å². The Morgan fingerprint density at radius 1 is 1.43 bits per heavy atom. The van der Waals surface area contributed by atoms with Crippen LogP contribution in [0.15, 0.2) is 0 Å². The van der Waals surface area contributed by atoms with Crippen LogP contribution in [0.1, 0.15) is 6.92 Å². The second kappa shape index (κ2) is 4.69. The van der Waals surface area contributed by atoms with Gasteiger partial charge in [-0.2, -0.15) is 17.4 Å². The topological polar surface area (TPSA) is 107 Å². The SMILES string of the molecule is CC(O)C(NS(=O)(=O)N(C)C)C(=O)O. The minimum Gasteiger partial charge on any atom is -0.480 e. The van der Waals surface area contributed by atoms with Gasteiger partial charge in [0.2, 0.25) is 0 Å². The Morgan fingerprint density at radius 3 is 2.07 bits per heavy atom. The van der Waals surface area contributed by atoms with E-state index in [0.29, 0.717) is 0 Å². The fourth-order valence-corrected chi connectivity index (χ4v) is 1.45. The van der Waals surface area contributed by atoms with Gasteiger partial charge in [0.1, 0.15) is 6.04 Å². The van der Waals surface area contributed by atoms with Gasteiger partial charge >= 0.3 is 5.97 Å². The van der Waals surface area contributed by atoms with E-state index >= 15 is 0 Å². The van der Waals surface area contributed by atoms with Crippen molar-refractivity contribution in [3.63, 3.8) is 0 Å². The van der Waals surface area contributed by atoms with Gasteiger partial charge in [0.15, 0.2) is 0 Å². The molecule has 7 nitrogen and oxygen atoms in total. The van der Waals surface area contributed by atoms with Crippen LogP contribution in [0.2, 0.25) is 0 Å². The molecule has 0 rings (SSSR count). The first-order chi connectivity index (χ1) is 6.18. The zero-order valence-corrected chi connectivity index (χ0v) is 8.95. The lowest BCUT2D eigenvalue weighted by molar-refractivity contribution is -0.141. The van der Waals surface area contributed by atoms with Crippen molar-refractivity contribution in [2.75, 3.05) is 14.1 Å². The van der Waals surface area contributed by atoms with Crippen LogP contribution < -0.4 is 4.72 Å². The van der Waals surface area contributed by atoms with Crippen molar-refractivity contribution >= 4 is 16.2 Å². The molecular weight excluding hydrogens is 212 g/mol. The van der Waals surface area contributed by atoms with Crippen LogP contribution in [0.25, 0.3) is 0 Å². The molecule has 0 heterocycles. The van der Waals surface area contributed by atoms with Crippen LogP contribution in [0.3, 0.4) is 0 Å². The molecule has 0 aliphatic heterocycles. The first-order valence-corrected chi connectivity index (χ1v) is 5.23. The molecule has 0 aromatic heterocycles. The van der Waals surface area contributed by atoms with Crippen LogP contribution in [0.4, 0.5) is 0 Å². The molecule has 0 spiro atoms. The van der Waals surface area contributed by atoms with Gasteiger partial charge in [0, 0.05) is 14.1 Å². The quantitative estimate of drug-likeness (QED) is 0.513. The maximum absolute atomic E-state index is 11.2. The molecule has 8 heteroatoms. The summed E-state index contributed by atoms with van der Waals surface area (Å²) in [6, 6.07) is -1.54. The molecule has 2 unspecified atom stereocenters. The van der Waals surface area contributed by atoms with Crippen molar-refractivity contribution in [2.45, 2.75) is 19.1 Å². The van der Waals surface area contributed by atoms with Crippen molar-refractivity contribution in [3.05, 3.63) is 0 Å². The summed E-state index contributed by atoms with van der Waals surface area (Å²) in [5.41, 5.74) is 0. The minimum absolute atomic E-state index is 0.825. The Morgan fingerprint density at radius 2 is 1.86 bits per heavy atom. The average Bonchev–Trinajstić information content (AvgIpc) is 1.98. The Hall–Kier alpha value is -0.700. The van der Waals surface area contributed by atoms with Gasteiger partial charge in [0.25, 0.3) is 10.2 Å². The van der Waals surface area contributed by atoms with Crippen molar-refractivity contribution in [1.82, 2.24) is 9.03 Å². The third-order valence-electron chi connectivity index (χ3n) is 1.51.